The van der Waals surface area contributed by atoms with Crippen LogP contribution in [0.25, 0.3) is 0 Å². The van der Waals surface area contributed by atoms with Crippen molar-refractivity contribution in [2.45, 2.75) is 26.7 Å². The molecule has 0 amide bonds. The van der Waals surface area contributed by atoms with E-state index in [1.54, 1.807) is 0 Å². The Morgan fingerprint density at radius 2 is 2.18 bits per heavy atom. The first-order valence-electron chi connectivity index (χ1n) is 4.07. The molecule has 0 saturated carbocycles. The molecule has 62 valence electrons. The largest absolute Gasteiger partial charge is 0.290 e. The zero-order valence-electron chi connectivity index (χ0n) is 7.51. The van der Waals surface area contributed by atoms with E-state index in [1.807, 2.05) is 6.08 Å². The molecule has 0 aliphatic carbocycles. The highest BCUT2D eigenvalue weighted by Crippen LogP contribution is 1.87. The maximum Gasteiger partial charge on any atom is 0.0569 e. The second-order valence-corrected chi connectivity index (χ2v) is 2.43. The molecule has 0 saturated heterocycles. The maximum atomic E-state index is 4.31. The molecule has 11 heavy (non-hydrogen) atoms. The Morgan fingerprint density at radius 3 is 2.73 bits per heavy atom. The summed E-state index contributed by atoms with van der Waals surface area (Å²) in [5, 5.41) is 0. The van der Waals surface area contributed by atoms with E-state index in [1.165, 1.54) is 5.71 Å². The molecule has 0 aromatic rings. The van der Waals surface area contributed by atoms with Gasteiger partial charge in [-0.3, -0.25) is 4.99 Å². The van der Waals surface area contributed by atoms with Gasteiger partial charge in [0.1, 0.15) is 0 Å². The number of aliphatic imine (C=N–C) groups is 1. The highest BCUT2D eigenvalue weighted by molar-refractivity contribution is 5.81. The molecule has 0 N–H and O–H groups in total. The number of nitrogens with zero attached hydrogens (tertiary/aromatic N) is 1. The van der Waals surface area contributed by atoms with E-state index in [4.69, 9.17) is 0 Å². The quantitative estimate of drug-likeness (QED) is 0.423. The Bertz CT molecular complexity index is 154. The van der Waals surface area contributed by atoms with Gasteiger partial charge in [0, 0.05) is 5.71 Å². The molecule has 0 heterocycles. The highest BCUT2D eigenvalue weighted by atomic mass is 14.7. The highest BCUT2D eigenvalue weighted by Gasteiger charge is 1.80. The van der Waals surface area contributed by atoms with E-state index in [0.717, 1.165) is 19.4 Å². The molecule has 0 unspecified atom stereocenters. The SMILES string of the molecule is C=CCC=CC/N=C(/C)CC. The van der Waals surface area contributed by atoms with Crippen LogP contribution in [0.2, 0.25) is 0 Å². The molecular formula is C10H17N. The lowest BCUT2D eigenvalue weighted by atomic mass is 10.3. The average molecular weight is 151 g/mol. The van der Waals surface area contributed by atoms with Gasteiger partial charge in [-0.1, -0.05) is 25.2 Å². The lowest BCUT2D eigenvalue weighted by molar-refractivity contribution is 1.16. The second kappa shape index (κ2) is 7.26. The van der Waals surface area contributed by atoms with Crippen molar-refractivity contribution < 1.29 is 0 Å². The predicted molar refractivity (Wildman–Crippen MR) is 52.2 cm³/mol. The third-order valence-corrected chi connectivity index (χ3v) is 1.45. The first-order chi connectivity index (χ1) is 5.31. The zero-order chi connectivity index (χ0) is 8.53. The molecule has 0 aliphatic heterocycles. The summed E-state index contributed by atoms with van der Waals surface area (Å²) in [5.41, 5.74) is 1.22. The Balaban J connectivity index is 3.46. The van der Waals surface area contributed by atoms with Crippen molar-refractivity contribution in [1.82, 2.24) is 0 Å². The summed E-state index contributed by atoms with van der Waals surface area (Å²) >= 11 is 0. The van der Waals surface area contributed by atoms with Crippen LogP contribution in [-0.4, -0.2) is 12.3 Å². The summed E-state index contributed by atoms with van der Waals surface area (Å²) in [5.74, 6) is 0. The van der Waals surface area contributed by atoms with Crippen LogP contribution in [0.3, 0.4) is 0 Å². The van der Waals surface area contributed by atoms with Gasteiger partial charge in [0.05, 0.1) is 6.54 Å². The molecule has 0 aromatic heterocycles. The minimum Gasteiger partial charge on any atom is -0.290 e. The van der Waals surface area contributed by atoms with Crippen molar-refractivity contribution >= 4 is 5.71 Å². The van der Waals surface area contributed by atoms with E-state index in [0.29, 0.717) is 0 Å². The van der Waals surface area contributed by atoms with E-state index >= 15 is 0 Å². The molecule has 1 heteroatoms. The summed E-state index contributed by atoms with van der Waals surface area (Å²) in [6, 6.07) is 0. The van der Waals surface area contributed by atoms with Gasteiger partial charge in [-0.2, -0.15) is 0 Å². The molecular weight excluding hydrogens is 134 g/mol. The van der Waals surface area contributed by atoms with Gasteiger partial charge in [0.25, 0.3) is 0 Å². The summed E-state index contributed by atoms with van der Waals surface area (Å²) < 4.78 is 0. The van der Waals surface area contributed by atoms with Crippen molar-refractivity contribution in [3.8, 4) is 0 Å². The Morgan fingerprint density at radius 1 is 1.45 bits per heavy atom. The zero-order valence-corrected chi connectivity index (χ0v) is 7.51. The third kappa shape index (κ3) is 7.04. The molecule has 0 spiro atoms. The smallest absolute Gasteiger partial charge is 0.0569 e. The minimum atomic E-state index is 0.813. The van der Waals surface area contributed by atoms with Crippen LogP contribution >= 0.6 is 0 Å². The van der Waals surface area contributed by atoms with Gasteiger partial charge >= 0.3 is 0 Å². The van der Waals surface area contributed by atoms with Crippen LogP contribution in [0.1, 0.15) is 26.7 Å². The van der Waals surface area contributed by atoms with Crippen molar-refractivity contribution in [3.63, 3.8) is 0 Å². The molecule has 0 aliphatic rings. The van der Waals surface area contributed by atoms with E-state index in [9.17, 15) is 0 Å². The van der Waals surface area contributed by atoms with E-state index in [2.05, 4.69) is 37.6 Å². The molecule has 1 nitrogen and oxygen atoms in total. The first kappa shape index (κ1) is 10.2. The Hall–Kier alpha value is -0.850. The number of hydrogen-bond acceptors (Lipinski definition) is 1. The monoisotopic (exact) mass is 151 g/mol. The second-order valence-electron chi connectivity index (χ2n) is 2.43. The predicted octanol–water partition coefficient (Wildman–Crippen LogP) is 2.99. The van der Waals surface area contributed by atoms with Gasteiger partial charge in [0.2, 0.25) is 0 Å². The van der Waals surface area contributed by atoms with Crippen LogP contribution in [0.15, 0.2) is 29.8 Å². The molecule has 0 fully saturated rings. The Kier molecular flexibility index (Phi) is 6.70. The van der Waals surface area contributed by atoms with Gasteiger partial charge in [-0.05, 0) is 19.8 Å². The van der Waals surface area contributed by atoms with Gasteiger partial charge < -0.3 is 0 Å². The number of hydrogen-bond donors (Lipinski definition) is 0. The summed E-state index contributed by atoms with van der Waals surface area (Å²) in [6.45, 7) is 8.61. The average Bonchev–Trinajstić information content (AvgIpc) is 2.04. The molecule has 0 aromatic carbocycles. The van der Waals surface area contributed by atoms with E-state index in [-0.39, 0.29) is 0 Å². The lowest BCUT2D eigenvalue weighted by Crippen LogP contribution is -1.87. The van der Waals surface area contributed by atoms with Gasteiger partial charge in [-0.15, -0.1) is 6.58 Å². The van der Waals surface area contributed by atoms with E-state index < -0.39 is 0 Å². The van der Waals surface area contributed by atoms with Gasteiger partial charge in [-0.25, -0.2) is 0 Å². The fraction of sp³-hybridized carbons (Fsp3) is 0.500. The standard InChI is InChI=1S/C10H17N/c1-4-6-7-8-9-11-10(3)5-2/h4,7-8H,1,5-6,9H2,2-3H3/b8-7?,11-10-. The minimum absolute atomic E-state index is 0.813. The molecule has 0 radical (unpaired) electrons. The van der Waals surface area contributed by atoms with Crippen molar-refractivity contribution in [1.29, 1.82) is 0 Å². The third-order valence-electron chi connectivity index (χ3n) is 1.45. The maximum absolute atomic E-state index is 4.31. The number of rotatable bonds is 5. The molecule has 0 rings (SSSR count). The number of allylic oxidation sites excluding steroid dienone is 2. The van der Waals surface area contributed by atoms with Gasteiger partial charge in [0.15, 0.2) is 0 Å². The fourth-order valence-corrected chi connectivity index (χ4v) is 0.587. The molecule has 0 bridgehead atoms. The first-order valence-corrected chi connectivity index (χ1v) is 4.07. The molecule has 0 atom stereocenters. The normalized spacial score (nSPS) is 12.4. The van der Waals surface area contributed by atoms with Crippen molar-refractivity contribution in [3.05, 3.63) is 24.8 Å². The van der Waals surface area contributed by atoms with Crippen LogP contribution < -0.4 is 0 Å². The lowest BCUT2D eigenvalue weighted by Gasteiger charge is -1.90. The summed E-state index contributed by atoms with van der Waals surface area (Å²) in [7, 11) is 0. The summed E-state index contributed by atoms with van der Waals surface area (Å²) in [4.78, 5) is 4.31. The summed E-state index contributed by atoms with van der Waals surface area (Å²) in [6.07, 6.45) is 8.03. The van der Waals surface area contributed by atoms with Crippen LogP contribution in [-0.2, 0) is 0 Å². The van der Waals surface area contributed by atoms with Crippen molar-refractivity contribution in [2.75, 3.05) is 6.54 Å². The topological polar surface area (TPSA) is 12.4 Å². The van der Waals surface area contributed by atoms with Crippen LogP contribution in [0.4, 0.5) is 0 Å². The Labute approximate surface area is 69.5 Å². The van der Waals surface area contributed by atoms with Crippen LogP contribution in [0, 0.1) is 0 Å². The fourth-order valence-electron chi connectivity index (χ4n) is 0.587. The van der Waals surface area contributed by atoms with Crippen molar-refractivity contribution in [2.24, 2.45) is 4.99 Å². The van der Waals surface area contributed by atoms with Crippen LogP contribution in [0.5, 0.6) is 0 Å².